The molecule has 0 saturated carbocycles. The van der Waals surface area contributed by atoms with Crippen molar-refractivity contribution in [2.45, 2.75) is 26.7 Å². The molecule has 0 aliphatic rings. The van der Waals surface area contributed by atoms with Crippen molar-refractivity contribution in [2.24, 2.45) is 18.2 Å². The van der Waals surface area contributed by atoms with Crippen molar-refractivity contribution >= 4 is 36.4 Å². The van der Waals surface area contributed by atoms with E-state index in [1.165, 1.54) is 0 Å². The highest BCUT2D eigenvalue weighted by Crippen LogP contribution is 2.28. The van der Waals surface area contributed by atoms with Crippen LogP contribution in [0.5, 0.6) is 0 Å². The molecule has 0 aliphatic heterocycles. The molecule has 0 spiro atoms. The lowest BCUT2D eigenvalue weighted by molar-refractivity contribution is -0.125. The fourth-order valence-electron chi connectivity index (χ4n) is 2.60. The van der Waals surface area contributed by atoms with Gasteiger partial charge in [-0.25, -0.2) is 4.98 Å². The number of benzene rings is 1. The van der Waals surface area contributed by atoms with Crippen LogP contribution in [-0.2, 0) is 11.8 Å². The highest BCUT2D eigenvalue weighted by molar-refractivity contribution is 5.96. The van der Waals surface area contributed by atoms with Crippen LogP contribution in [0, 0.1) is 5.41 Å². The smallest absolute Gasteiger partial charge is 0.231 e. The van der Waals surface area contributed by atoms with Crippen molar-refractivity contribution in [1.29, 1.82) is 0 Å². The maximum absolute atomic E-state index is 12.6. The molecule has 0 radical (unpaired) electrons. The number of anilines is 1. The van der Waals surface area contributed by atoms with Crippen molar-refractivity contribution in [2.75, 3.05) is 11.9 Å². The van der Waals surface area contributed by atoms with Crippen molar-refractivity contribution in [1.82, 2.24) is 9.55 Å². The van der Waals surface area contributed by atoms with Gasteiger partial charge in [0.05, 0.1) is 5.41 Å². The van der Waals surface area contributed by atoms with Gasteiger partial charge in [0.1, 0.15) is 5.82 Å². The Hall–Kier alpha value is -1.56. The molecule has 7 heteroatoms. The van der Waals surface area contributed by atoms with E-state index in [-0.39, 0.29) is 30.7 Å². The Balaban J connectivity index is 0.00000264. The second-order valence-corrected chi connectivity index (χ2v) is 5.59. The largest absolute Gasteiger partial charge is 0.334 e. The van der Waals surface area contributed by atoms with Crippen LogP contribution in [0.4, 0.5) is 5.69 Å². The first kappa shape index (κ1) is 22.4. The predicted octanol–water partition coefficient (Wildman–Crippen LogP) is 3.63. The van der Waals surface area contributed by atoms with Gasteiger partial charge in [0.2, 0.25) is 5.91 Å². The van der Waals surface area contributed by atoms with Crippen LogP contribution in [0.1, 0.15) is 26.7 Å². The van der Waals surface area contributed by atoms with Crippen molar-refractivity contribution in [3.05, 3.63) is 36.7 Å². The normalized spacial score (nSPS) is 10.5. The number of nitrogens with one attached hydrogen (secondary N) is 1. The average Bonchev–Trinajstić information content (AvgIpc) is 2.96. The average molecular weight is 373 g/mol. The summed E-state index contributed by atoms with van der Waals surface area (Å²) >= 11 is 0. The summed E-state index contributed by atoms with van der Waals surface area (Å²) in [5.41, 5.74) is 7.07. The van der Waals surface area contributed by atoms with Crippen molar-refractivity contribution in [3.8, 4) is 11.4 Å². The standard InChI is InChI=1S/C17H24N4O.2ClH/c1-4-17(5-2,12-18)16(22)20-14-8-6-7-13(11-14)15-19-9-10-21(15)3;;/h6-11H,4-5,12,18H2,1-3H3,(H,20,22);2*1H. The molecule has 0 aliphatic carbocycles. The number of hydrogen-bond acceptors (Lipinski definition) is 3. The molecule has 0 bridgehead atoms. The third-order valence-corrected chi connectivity index (χ3v) is 4.43. The summed E-state index contributed by atoms with van der Waals surface area (Å²) in [5, 5.41) is 3.00. The van der Waals surface area contributed by atoms with E-state index in [9.17, 15) is 4.79 Å². The maximum Gasteiger partial charge on any atom is 0.231 e. The van der Waals surface area contributed by atoms with E-state index in [1.54, 1.807) is 6.20 Å². The van der Waals surface area contributed by atoms with Gasteiger partial charge < -0.3 is 15.6 Å². The molecule has 0 fully saturated rings. The van der Waals surface area contributed by atoms with Crippen molar-refractivity contribution in [3.63, 3.8) is 0 Å². The zero-order valence-corrected chi connectivity index (χ0v) is 15.9. The van der Waals surface area contributed by atoms with Crippen LogP contribution < -0.4 is 11.1 Å². The van der Waals surface area contributed by atoms with Crippen LogP contribution in [-0.4, -0.2) is 22.0 Å². The van der Waals surface area contributed by atoms with Gasteiger partial charge in [-0.3, -0.25) is 4.79 Å². The molecule has 1 aromatic heterocycles. The number of carbonyl (C=O) groups excluding carboxylic acids is 1. The SMILES string of the molecule is CCC(CC)(CN)C(=O)Nc1cccc(-c2nccn2C)c1.Cl.Cl. The second kappa shape index (κ2) is 9.67. The van der Waals surface area contributed by atoms with E-state index in [0.717, 1.165) is 29.9 Å². The lowest BCUT2D eigenvalue weighted by atomic mass is 9.81. The summed E-state index contributed by atoms with van der Waals surface area (Å²) in [6, 6.07) is 7.72. The first-order valence-electron chi connectivity index (χ1n) is 7.65. The van der Waals surface area contributed by atoms with E-state index in [0.29, 0.717) is 6.54 Å². The second-order valence-electron chi connectivity index (χ2n) is 5.59. The maximum atomic E-state index is 12.6. The van der Waals surface area contributed by atoms with Crippen LogP contribution in [0.25, 0.3) is 11.4 Å². The molecular formula is C17H26Cl2N4O. The number of halogens is 2. The van der Waals surface area contributed by atoms with Gasteiger partial charge in [-0.1, -0.05) is 26.0 Å². The van der Waals surface area contributed by atoms with Gasteiger partial charge in [0.15, 0.2) is 0 Å². The van der Waals surface area contributed by atoms with Gasteiger partial charge in [0.25, 0.3) is 0 Å². The Bertz CT molecular complexity index is 645. The molecule has 1 aromatic carbocycles. The molecule has 1 heterocycles. The Labute approximate surface area is 155 Å². The summed E-state index contributed by atoms with van der Waals surface area (Å²) in [6.45, 7) is 4.35. The zero-order valence-electron chi connectivity index (χ0n) is 14.3. The summed E-state index contributed by atoms with van der Waals surface area (Å²) in [6.07, 6.45) is 5.11. The quantitative estimate of drug-likeness (QED) is 0.812. The summed E-state index contributed by atoms with van der Waals surface area (Å²) in [7, 11) is 1.95. The number of amides is 1. The fourth-order valence-corrected chi connectivity index (χ4v) is 2.60. The highest BCUT2D eigenvalue weighted by Gasteiger charge is 2.33. The number of nitrogens with two attached hydrogens (primary N) is 1. The Kier molecular flexibility index (Phi) is 9.04. The van der Waals surface area contributed by atoms with E-state index < -0.39 is 5.41 Å². The van der Waals surface area contributed by atoms with E-state index >= 15 is 0 Å². The Morgan fingerprint density at radius 1 is 1.29 bits per heavy atom. The minimum absolute atomic E-state index is 0. The molecule has 24 heavy (non-hydrogen) atoms. The number of nitrogens with zero attached hydrogens (tertiary/aromatic N) is 2. The molecular weight excluding hydrogens is 347 g/mol. The van der Waals surface area contributed by atoms with Gasteiger partial charge in [-0.05, 0) is 25.0 Å². The Morgan fingerprint density at radius 2 is 1.96 bits per heavy atom. The summed E-state index contributed by atoms with van der Waals surface area (Å²) in [5.74, 6) is 0.851. The van der Waals surface area contributed by atoms with Crippen molar-refractivity contribution < 1.29 is 4.79 Å². The molecule has 2 rings (SSSR count). The van der Waals surface area contributed by atoms with E-state index in [4.69, 9.17) is 5.73 Å². The van der Waals surface area contributed by atoms with E-state index in [2.05, 4.69) is 10.3 Å². The van der Waals surface area contributed by atoms with Gasteiger partial charge in [-0.2, -0.15) is 0 Å². The molecule has 0 saturated heterocycles. The number of aromatic nitrogens is 2. The fraction of sp³-hybridized carbons (Fsp3) is 0.412. The first-order chi connectivity index (χ1) is 10.6. The molecule has 0 atom stereocenters. The summed E-state index contributed by atoms with van der Waals surface area (Å²) in [4.78, 5) is 16.9. The van der Waals surface area contributed by atoms with Crippen LogP contribution in [0.15, 0.2) is 36.7 Å². The molecule has 3 N–H and O–H groups in total. The molecule has 2 aromatic rings. The Morgan fingerprint density at radius 3 is 2.46 bits per heavy atom. The third kappa shape index (κ3) is 4.50. The minimum Gasteiger partial charge on any atom is -0.334 e. The molecule has 0 unspecified atom stereocenters. The van der Waals surface area contributed by atoms with Crippen LogP contribution in [0.2, 0.25) is 0 Å². The molecule has 134 valence electrons. The topological polar surface area (TPSA) is 72.9 Å². The van der Waals surface area contributed by atoms with Crippen LogP contribution in [0.3, 0.4) is 0 Å². The highest BCUT2D eigenvalue weighted by atomic mass is 35.5. The lowest BCUT2D eigenvalue weighted by Crippen LogP contribution is -2.41. The summed E-state index contributed by atoms with van der Waals surface area (Å²) < 4.78 is 1.95. The van der Waals surface area contributed by atoms with E-state index in [1.807, 2.05) is 55.9 Å². The van der Waals surface area contributed by atoms with Gasteiger partial charge >= 0.3 is 0 Å². The number of rotatable bonds is 6. The van der Waals surface area contributed by atoms with Gasteiger partial charge in [0, 0.05) is 37.2 Å². The number of hydrogen-bond donors (Lipinski definition) is 2. The number of imidazole rings is 1. The minimum atomic E-state index is -0.501. The molecule has 5 nitrogen and oxygen atoms in total. The molecule has 1 amide bonds. The first-order valence-corrected chi connectivity index (χ1v) is 7.65. The monoisotopic (exact) mass is 372 g/mol. The predicted molar refractivity (Wildman–Crippen MR) is 104 cm³/mol. The zero-order chi connectivity index (χ0) is 16.2. The lowest BCUT2D eigenvalue weighted by Gasteiger charge is -2.28. The van der Waals surface area contributed by atoms with Gasteiger partial charge in [-0.15, -0.1) is 24.8 Å². The number of carbonyl (C=O) groups is 1. The number of aryl methyl sites for hydroxylation is 1. The van der Waals surface area contributed by atoms with Crippen LogP contribution >= 0.6 is 24.8 Å². The third-order valence-electron chi connectivity index (χ3n) is 4.43.